The van der Waals surface area contributed by atoms with Crippen molar-refractivity contribution in [3.8, 4) is 0 Å². The highest BCUT2D eigenvalue weighted by Crippen LogP contribution is 2.37. The van der Waals surface area contributed by atoms with Crippen LogP contribution in [-0.4, -0.2) is 5.78 Å². The van der Waals surface area contributed by atoms with Crippen LogP contribution in [0, 0.1) is 6.92 Å². The van der Waals surface area contributed by atoms with Crippen LogP contribution in [0.2, 0.25) is 5.02 Å². The van der Waals surface area contributed by atoms with Gasteiger partial charge in [0.2, 0.25) is 0 Å². The molecule has 0 saturated heterocycles. The van der Waals surface area contributed by atoms with Crippen LogP contribution >= 0.6 is 34.9 Å². The Bertz CT molecular complexity index is 774. The van der Waals surface area contributed by atoms with Crippen molar-refractivity contribution in [1.82, 2.24) is 4.72 Å². The first kappa shape index (κ1) is 17.1. The Labute approximate surface area is 144 Å². The summed E-state index contributed by atoms with van der Waals surface area (Å²) in [6.45, 7) is 7.48. The maximum atomic E-state index is 11.2. The average Bonchev–Trinajstić information content (AvgIpc) is 2.78. The van der Waals surface area contributed by atoms with Crippen molar-refractivity contribution < 1.29 is 4.79 Å². The lowest BCUT2D eigenvalue weighted by Crippen LogP contribution is -1.99. The van der Waals surface area contributed by atoms with Crippen LogP contribution < -0.4 is 4.72 Å². The van der Waals surface area contributed by atoms with Gasteiger partial charge in [-0.05, 0) is 80.4 Å². The number of hydrogen-bond acceptors (Lipinski definition) is 4. The molecule has 0 bridgehead atoms. The molecule has 1 heterocycles. The summed E-state index contributed by atoms with van der Waals surface area (Å²) in [5.41, 5.74) is 2.99. The van der Waals surface area contributed by atoms with Crippen molar-refractivity contribution in [3.63, 3.8) is 0 Å². The van der Waals surface area contributed by atoms with Crippen molar-refractivity contribution in [3.05, 3.63) is 52.2 Å². The van der Waals surface area contributed by atoms with Crippen molar-refractivity contribution in [2.24, 2.45) is 0 Å². The zero-order valence-electron chi connectivity index (χ0n) is 13.0. The van der Waals surface area contributed by atoms with Crippen molar-refractivity contribution in [2.45, 2.75) is 31.9 Å². The smallest absolute Gasteiger partial charge is 0.155 e. The van der Waals surface area contributed by atoms with Gasteiger partial charge in [-0.2, -0.15) is 0 Å². The van der Waals surface area contributed by atoms with Gasteiger partial charge in [-0.1, -0.05) is 17.7 Å². The van der Waals surface area contributed by atoms with E-state index in [0.29, 0.717) is 0 Å². The largest absolute Gasteiger partial charge is 0.329 e. The molecular weight excluding hydrogens is 334 g/mol. The van der Waals surface area contributed by atoms with Gasteiger partial charge in [0.25, 0.3) is 0 Å². The molecule has 2 aromatic rings. The van der Waals surface area contributed by atoms with E-state index in [2.05, 4.69) is 17.7 Å². The molecule has 1 aromatic heterocycles. The van der Waals surface area contributed by atoms with Crippen molar-refractivity contribution >= 4 is 50.8 Å². The zero-order chi connectivity index (χ0) is 16.3. The first-order chi connectivity index (χ1) is 10.4. The molecule has 5 heteroatoms. The van der Waals surface area contributed by atoms with E-state index in [1.54, 1.807) is 30.2 Å². The predicted octanol–water partition coefficient (Wildman–Crippen LogP) is 5.90. The van der Waals surface area contributed by atoms with Crippen molar-refractivity contribution in [2.75, 3.05) is 0 Å². The van der Waals surface area contributed by atoms with E-state index in [1.807, 2.05) is 38.1 Å². The molecule has 1 aromatic carbocycles. The quantitative estimate of drug-likeness (QED) is 0.413. The van der Waals surface area contributed by atoms with Gasteiger partial charge < -0.3 is 4.72 Å². The molecule has 0 aliphatic heterocycles. The highest BCUT2D eigenvalue weighted by atomic mass is 35.5. The minimum Gasteiger partial charge on any atom is -0.329 e. The highest BCUT2D eigenvalue weighted by molar-refractivity contribution is 7.99. The van der Waals surface area contributed by atoms with Gasteiger partial charge in [-0.15, -0.1) is 11.3 Å². The summed E-state index contributed by atoms with van der Waals surface area (Å²) in [5, 5.41) is 1.97. The monoisotopic (exact) mass is 351 g/mol. The Morgan fingerprint density at radius 1 is 1.27 bits per heavy atom. The van der Waals surface area contributed by atoms with Crippen LogP contribution in [0.25, 0.3) is 10.1 Å². The second-order valence-corrected chi connectivity index (χ2v) is 7.68. The van der Waals surface area contributed by atoms with E-state index >= 15 is 0 Å². The minimum atomic E-state index is 0.0916. The maximum Gasteiger partial charge on any atom is 0.155 e. The molecule has 0 saturated carbocycles. The van der Waals surface area contributed by atoms with Crippen molar-refractivity contribution in [1.29, 1.82) is 0 Å². The van der Waals surface area contributed by atoms with E-state index in [9.17, 15) is 4.79 Å². The zero-order valence-corrected chi connectivity index (χ0v) is 15.4. The molecular formula is C17H18ClNOS2. The number of carbonyl (C=O) groups is 1. The van der Waals surface area contributed by atoms with Gasteiger partial charge in [0, 0.05) is 15.4 Å². The lowest BCUT2D eigenvalue weighted by atomic mass is 10.2. The fraction of sp³-hybridized carbons (Fsp3) is 0.235. The molecule has 0 aliphatic carbocycles. The van der Waals surface area contributed by atoms with Crippen LogP contribution in [0.3, 0.4) is 0 Å². The number of hydrogen-bond donors (Lipinski definition) is 1. The molecule has 0 amide bonds. The minimum absolute atomic E-state index is 0.0916. The number of ketones is 1. The molecule has 0 radical (unpaired) electrons. The van der Waals surface area contributed by atoms with E-state index in [1.165, 1.54) is 19.9 Å². The molecule has 0 fully saturated rings. The number of aryl methyl sites for hydroxylation is 1. The van der Waals surface area contributed by atoms with Crippen LogP contribution in [-0.2, 0) is 4.79 Å². The molecule has 0 aliphatic rings. The standard InChI is InChI=1S/C17H18ClNOS2/c1-10(13(4)20)5-6-11(2)19-22-17-12(3)15-9-14(18)7-8-16(15)21-17/h5-9,19H,1-4H3/b10-5+,11-6+. The molecule has 0 spiro atoms. The SMILES string of the molecule is CC(=O)/C(C)=C/C=C(\C)NSc1sc2ccc(Cl)cc2c1C. The third-order valence-electron chi connectivity index (χ3n) is 3.30. The third kappa shape index (κ3) is 4.15. The number of allylic oxidation sites excluding steroid dienone is 4. The summed E-state index contributed by atoms with van der Waals surface area (Å²) in [6.07, 6.45) is 3.76. The summed E-state index contributed by atoms with van der Waals surface area (Å²) >= 11 is 9.40. The summed E-state index contributed by atoms with van der Waals surface area (Å²) in [6, 6.07) is 5.98. The van der Waals surface area contributed by atoms with Gasteiger partial charge in [0.1, 0.15) is 0 Å². The Kier molecular flexibility index (Phi) is 5.73. The second-order valence-electron chi connectivity index (χ2n) is 5.11. The Balaban J connectivity index is 2.12. The molecule has 0 unspecified atom stereocenters. The number of fused-ring (bicyclic) bond motifs is 1. The van der Waals surface area contributed by atoms with Gasteiger partial charge in [-0.25, -0.2) is 0 Å². The number of Topliss-reactive ketones (excluding diaryl/α,β-unsaturated/α-hetero) is 1. The second kappa shape index (κ2) is 7.36. The molecule has 22 heavy (non-hydrogen) atoms. The van der Waals surface area contributed by atoms with Gasteiger partial charge >= 0.3 is 0 Å². The lowest BCUT2D eigenvalue weighted by Gasteiger charge is -2.04. The molecule has 1 N–H and O–H groups in total. The number of nitrogens with one attached hydrogen (secondary N) is 1. The van der Waals surface area contributed by atoms with E-state index in [-0.39, 0.29) is 5.78 Å². The number of carbonyl (C=O) groups excluding carboxylic acids is 1. The normalized spacial score (nSPS) is 12.8. The van der Waals surface area contributed by atoms with Crippen LogP contribution in [0.1, 0.15) is 26.3 Å². The number of rotatable bonds is 5. The predicted molar refractivity (Wildman–Crippen MR) is 98.8 cm³/mol. The van der Waals surface area contributed by atoms with E-state index < -0.39 is 0 Å². The highest BCUT2D eigenvalue weighted by Gasteiger charge is 2.09. The summed E-state index contributed by atoms with van der Waals surface area (Å²) in [5.74, 6) is 0.0916. The fourth-order valence-corrected chi connectivity index (χ4v) is 4.03. The first-order valence-corrected chi connectivity index (χ1v) is 8.87. The molecule has 116 valence electrons. The van der Waals surface area contributed by atoms with E-state index in [4.69, 9.17) is 11.6 Å². The van der Waals surface area contributed by atoms with Gasteiger partial charge in [-0.3, -0.25) is 4.79 Å². The number of thiophene rings is 1. The summed E-state index contributed by atoms with van der Waals surface area (Å²) < 4.78 is 5.76. The van der Waals surface area contributed by atoms with Gasteiger partial charge in [0.05, 0.1) is 4.21 Å². The Morgan fingerprint density at radius 3 is 2.68 bits per heavy atom. The Hall–Kier alpha value is -1.23. The van der Waals surface area contributed by atoms with Crippen LogP contribution in [0.15, 0.2) is 45.8 Å². The molecule has 0 atom stereocenters. The van der Waals surface area contributed by atoms with E-state index in [0.717, 1.165) is 16.3 Å². The third-order valence-corrected chi connectivity index (χ3v) is 6.02. The fourth-order valence-electron chi connectivity index (χ4n) is 1.80. The van der Waals surface area contributed by atoms with Crippen LogP contribution in [0.4, 0.5) is 0 Å². The molecule has 2 nitrogen and oxygen atoms in total. The summed E-state index contributed by atoms with van der Waals surface area (Å²) in [4.78, 5) is 11.2. The number of benzene rings is 1. The van der Waals surface area contributed by atoms with Gasteiger partial charge in [0.15, 0.2) is 5.78 Å². The number of halogens is 1. The van der Waals surface area contributed by atoms with Crippen LogP contribution in [0.5, 0.6) is 0 Å². The lowest BCUT2D eigenvalue weighted by molar-refractivity contribution is -0.113. The first-order valence-electron chi connectivity index (χ1n) is 6.86. The molecule has 2 rings (SSSR count). The Morgan fingerprint density at radius 2 is 2.00 bits per heavy atom. The average molecular weight is 352 g/mol. The summed E-state index contributed by atoms with van der Waals surface area (Å²) in [7, 11) is 0. The maximum absolute atomic E-state index is 11.2. The topological polar surface area (TPSA) is 29.1 Å².